The van der Waals surface area contributed by atoms with E-state index in [0.29, 0.717) is 12.0 Å². The van der Waals surface area contributed by atoms with Crippen LogP contribution >= 0.6 is 0 Å². The molecular formula is C15H23N3. The summed E-state index contributed by atoms with van der Waals surface area (Å²) in [6.07, 6.45) is 6.98. The molecule has 5 rings (SSSR count). The highest BCUT2D eigenvalue weighted by molar-refractivity contribution is 5.16. The van der Waals surface area contributed by atoms with Crippen molar-refractivity contribution in [3.63, 3.8) is 0 Å². The Bertz CT molecular complexity index is 468. The van der Waals surface area contributed by atoms with Gasteiger partial charge in [-0.3, -0.25) is 0 Å². The molecule has 2 aliphatic heterocycles. The fourth-order valence-electron chi connectivity index (χ4n) is 4.69. The van der Waals surface area contributed by atoms with Crippen molar-refractivity contribution in [2.75, 3.05) is 0 Å². The van der Waals surface area contributed by atoms with Gasteiger partial charge >= 0.3 is 0 Å². The topological polar surface area (TPSA) is 30.7 Å². The molecule has 0 amide bonds. The van der Waals surface area contributed by atoms with Crippen LogP contribution in [0.2, 0.25) is 0 Å². The predicted octanol–water partition coefficient (Wildman–Crippen LogP) is 3.42. The van der Waals surface area contributed by atoms with Gasteiger partial charge in [-0.1, -0.05) is 20.8 Å². The first-order chi connectivity index (χ1) is 8.52. The van der Waals surface area contributed by atoms with Crippen molar-refractivity contribution < 1.29 is 0 Å². The minimum absolute atomic E-state index is 0.118. The molecule has 0 spiro atoms. The van der Waals surface area contributed by atoms with E-state index in [-0.39, 0.29) is 5.41 Å². The van der Waals surface area contributed by atoms with Crippen LogP contribution in [0.15, 0.2) is 0 Å². The second-order valence-electron chi connectivity index (χ2n) is 7.76. The van der Waals surface area contributed by atoms with Gasteiger partial charge in [0.2, 0.25) is 0 Å². The molecule has 4 bridgehead atoms. The summed E-state index contributed by atoms with van der Waals surface area (Å²) < 4.78 is 2.55. The maximum Gasteiger partial charge on any atom is 0.138 e. The normalized spacial score (nSPS) is 37.7. The van der Waals surface area contributed by atoms with Crippen LogP contribution in [0.3, 0.4) is 0 Å². The van der Waals surface area contributed by atoms with Gasteiger partial charge in [0.25, 0.3) is 0 Å². The molecule has 2 fully saturated rings. The largest absolute Gasteiger partial charge is 0.311 e. The molecule has 18 heavy (non-hydrogen) atoms. The summed E-state index contributed by atoms with van der Waals surface area (Å²) in [5.74, 6) is 5.15. The van der Waals surface area contributed by atoms with E-state index < -0.39 is 0 Å². The minimum atomic E-state index is 0.118. The molecule has 98 valence electrons. The predicted molar refractivity (Wildman–Crippen MR) is 70.6 cm³/mol. The van der Waals surface area contributed by atoms with Crippen LogP contribution in [-0.2, 0) is 5.41 Å². The lowest BCUT2D eigenvalue weighted by atomic mass is 9.68. The van der Waals surface area contributed by atoms with Crippen LogP contribution in [0.1, 0.15) is 76.5 Å². The number of nitrogens with zero attached hydrogens (tertiary/aromatic N) is 3. The average molecular weight is 245 g/mol. The summed E-state index contributed by atoms with van der Waals surface area (Å²) >= 11 is 0. The highest BCUT2D eigenvalue weighted by Gasteiger charge is 2.45. The second-order valence-corrected chi connectivity index (χ2v) is 7.76. The monoisotopic (exact) mass is 245 g/mol. The standard InChI is InChI=1S/C15H23N3/c1-15(2,3)14-17-16-13-11-5-9-4-10(6-11)8-12(7-9)18(13)14/h9-12H,4-8H2,1-3H3. The smallest absolute Gasteiger partial charge is 0.138 e. The van der Waals surface area contributed by atoms with E-state index in [1.807, 2.05) is 0 Å². The quantitative estimate of drug-likeness (QED) is 0.701. The lowest BCUT2D eigenvalue weighted by molar-refractivity contribution is 0.147. The zero-order valence-electron chi connectivity index (χ0n) is 11.7. The summed E-state index contributed by atoms with van der Waals surface area (Å²) in [7, 11) is 0. The molecule has 1 aromatic heterocycles. The van der Waals surface area contributed by atoms with Crippen LogP contribution in [0.4, 0.5) is 0 Å². The van der Waals surface area contributed by atoms with Crippen LogP contribution in [0, 0.1) is 11.8 Å². The van der Waals surface area contributed by atoms with Crippen LogP contribution in [0.25, 0.3) is 0 Å². The number of rotatable bonds is 0. The Hall–Kier alpha value is -0.860. The molecule has 2 aliphatic carbocycles. The molecule has 2 unspecified atom stereocenters. The lowest BCUT2D eigenvalue weighted by Gasteiger charge is -2.38. The molecule has 1 aromatic rings. The molecule has 2 atom stereocenters. The fourth-order valence-corrected chi connectivity index (χ4v) is 4.69. The summed E-state index contributed by atoms with van der Waals surface area (Å²) in [6, 6.07) is 0.695. The number of hydrogen-bond donors (Lipinski definition) is 0. The van der Waals surface area contributed by atoms with Gasteiger partial charge in [-0.25, -0.2) is 0 Å². The average Bonchev–Trinajstić information content (AvgIpc) is 2.64. The van der Waals surface area contributed by atoms with Crippen molar-refractivity contribution in [2.45, 2.75) is 70.3 Å². The van der Waals surface area contributed by atoms with Gasteiger partial charge in [0.05, 0.1) is 0 Å². The van der Waals surface area contributed by atoms with E-state index in [2.05, 4.69) is 35.5 Å². The van der Waals surface area contributed by atoms with E-state index in [1.165, 1.54) is 43.8 Å². The number of hydrogen-bond acceptors (Lipinski definition) is 2. The number of aromatic nitrogens is 3. The summed E-state index contributed by atoms with van der Waals surface area (Å²) in [5, 5.41) is 9.14. The Morgan fingerprint density at radius 2 is 1.61 bits per heavy atom. The van der Waals surface area contributed by atoms with Crippen LogP contribution < -0.4 is 0 Å². The summed E-state index contributed by atoms with van der Waals surface area (Å²) in [5.41, 5.74) is 0.118. The second kappa shape index (κ2) is 3.37. The Morgan fingerprint density at radius 1 is 0.944 bits per heavy atom. The molecule has 0 saturated heterocycles. The van der Waals surface area contributed by atoms with Crippen molar-refractivity contribution in [2.24, 2.45) is 11.8 Å². The summed E-state index contributed by atoms with van der Waals surface area (Å²) in [6.45, 7) is 6.79. The van der Waals surface area contributed by atoms with Crippen molar-refractivity contribution >= 4 is 0 Å². The zero-order valence-corrected chi connectivity index (χ0v) is 11.7. The van der Waals surface area contributed by atoms with Crippen LogP contribution in [-0.4, -0.2) is 14.8 Å². The third-order valence-corrected chi connectivity index (χ3v) is 5.24. The van der Waals surface area contributed by atoms with E-state index in [0.717, 1.165) is 11.8 Å². The fraction of sp³-hybridized carbons (Fsp3) is 0.867. The lowest BCUT2D eigenvalue weighted by Crippen LogP contribution is -2.28. The highest BCUT2D eigenvalue weighted by atomic mass is 15.3. The van der Waals surface area contributed by atoms with Crippen molar-refractivity contribution in [1.82, 2.24) is 14.8 Å². The Labute approximate surface area is 109 Å². The molecule has 0 N–H and O–H groups in total. The molecule has 3 heterocycles. The van der Waals surface area contributed by atoms with Crippen molar-refractivity contribution in [3.05, 3.63) is 11.6 Å². The van der Waals surface area contributed by atoms with E-state index in [9.17, 15) is 0 Å². The van der Waals surface area contributed by atoms with Gasteiger partial charge in [-0.05, 0) is 43.9 Å². The first-order valence-electron chi connectivity index (χ1n) is 7.47. The molecule has 3 nitrogen and oxygen atoms in total. The van der Waals surface area contributed by atoms with Gasteiger partial charge < -0.3 is 4.57 Å². The maximum atomic E-state index is 4.59. The van der Waals surface area contributed by atoms with E-state index in [4.69, 9.17) is 0 Å². The third kappa shape index (κ3) is 1.42. The Balaban J connectivity index is 1.88. The van der Waals surface area contributed by atoms with Gasteiger partial charge in [-0.15, -0.1) is 10.2 Å². The third-order valence-electron chi connectivity index (χ3n) is 5.24. The molecular weight excluding hydrogens is 222 g/mol. The summed E-state index contributed by atoms with van der Waals surface area (Å²) in [4.78, 5) is 0. The van der Waals surface area contributed by atoms with E-state index in [1.54, 1.807) is 0 Å². The van der Waals surface area contributed by atoms with E-state index >= 15 is 0 Å². The van der Waals surface area contributed by atoms with Gasteiger partial charge in [-0.2, -0.15) is 0 Å². The van der Waals surface area contributed by atoms with Gasteiger partial charge in [0, 0.05) is 17.4 Å². The van der Waals surface area contributed by atoms with Gasteiger partial charge in [0.1, 0.15) is 11.6 Å². The zero-order chi connectivity index (χ0) is 12.5. The van der Waals surface area contributed by atoms with Crippen molar-refractivity contribution in [1.29, 1.82) is 0 Å². The van der Waals surface area contributed by atoms with Crippen LogP contribution in [0.5, 0.6) is 0 Å². The van der Waals surface area contributed by atoms with Gasteiger partial charge in [0.15, 0.2) is 0 Å². The molecule has 0 radical (unpaired) electrons. The Kier molecular flexibility index (Phi) is 2.06. The first kappa shape index (κ1) is 11.0. The minimum Gasteiger partial charge on any atom is -0.311 e. The Morgan fingerprint density at radius 3 is 2.22 bits per heavy atom. The maximum absolute atomic E-state index is 4.59. The first-order valence-corrected chi connectivity index (χ1v) is 7.47. The molecule has 2 saturated carbocycles. The SMILES string of the molecule is CC(C)(C)c1nnc2n1C1CC3CC(CC2C3)C1. The molecule has 3 heteroatoms. The van der Waals surface area contributed by atoms with Crippen molar-refractivity contribution in [3.8, 4) is 0 Å². The highest BCUT2D eigenvalue weighted by Crippen LogP contribution is 2.53. The molecule has 4 aliphatic rings. The molecule has 0 aromatic carbocycles.